The van der Waals surface area contributed by atoms with Crippen LogP contribution in [-0.4, -0.2) is 61.0 Å². The van der Waals surface area contributed by atoms with Gasteiger partial charge in [-0.2, -0.15) is 4.72 Å². The Morgan fingerprint density at radius 2 is 2.08 bits per heavy atom. The van der Waals surface area contributed by atoms with Crippen LogP contribution in [0.4, 0.5) is 5.82 Å². The molecule has 2 unspecified atom stereocenters. The smallest absolute Gasteiger partial charge is 0.305 e. The van der Waals surface area contributed by atoms with Crippen molar-refractivity contribution in [3.8, 4) is 0 Å². The van der Waals surface area contributed by atoms with Crippen LogP contribution in [0.25, 0.3) is 10.9 Å². The number of fused-ring (bicyclic) bond motifs is 1. The number of methoxy groups -OCH3 is 1. The number of carbonyl (C=O) groups is 2. The van der Waals surface area contributed by atoms with E-state index >= 15 is 0 Å². The molecule has 4 N–H and O–H groups in total. The van der Waals surface area contributed by atoms with Crippen LogP contribution in [0.1, 0.15) is 32.1 Å². The molecule has 1 fully saturated rings. The van der Waals surface area contributed by atoms with E-state index in [4.69, 9.17) is 10.5 Å². The second-order valence-electron chi connectivity index (χ2n) is 9.19. The van der Waals surface area contributed by atoms with Gasteiger partial charge in [0.05, 0.1) is 12.0 Å². The number of nitrogens with zero attached hydrogens (tertiary/aromatic N) is 2. The molecule has 1 amide bonds. The highest BCUT2D eigenvalue weighted by Crippen LogP contribution is 2.25. The first-order valence-electron chi connectivity index (χ1n) is 12.1. The normalized spacial score (nSPS) is 17.2. The number of amides is 1. The van der Waals surface area contributed by atoms with E-state index in [1.165, 1.54) is 13.2 Å². The van der Waals surface area contributed by atoms with E-state index in [-0.39, 0.29) is 29.1 Å². The third kappa shape index (κ3) is 5.90. The lowest BCUT2D eigenvalue weighted by atomic mass is 9.93. The van der Waals surface area contributed by atoms with Crippen LogP contribution >= 0.6 is 0 Å². The molecule has 3 heterocycles. The molecule has 0 bridgehead atoms. The minimum Gasteiger partial charge on any atom is -0.469 e. The molecule has 1 saturated heterocycles. The standard InChI is InChI=1S/C25H33N5O5S/c1-35-24(31)10-9-18-5-3-15-30(17-18)25(32)21(12-16-29-14-4-8-23(29)26)28-36(33,34)22-7-2-6-20-19(22)11-13-27-20/h2,4,6-8,11,13-14,18,21,27-28H,3,5,9-10,12,15-17,26H2,1H3. The maximum atomic E-state index is 13.7. The Morgan fingerprint density at radius 1 is 1.25 bits per heavy atom. The average Bonchev–Trinajstić information content (AvgIpc) is 3.53. The van der Waals surface area contributed by atoms with E-state index in [9.17, 15) is 18.0 Å². The number of rotatable bonds is 10. The highest BCUT2D eigenvalue weighted by atomic mass is 32.2. The summed E-state index contributed by atoms with van der Waals surface area (Å²) in [6.45, 7) is 1.41. The summed E-state index contributed by atoms with van der Waals surface area (Å²) in [5.41, 5.74) is 6.69. The number of anilines is 1. The van der Waals surface area contributed by atoms with E-state index in [2.05, 4.69) is 9.71 Å². The molecule has 0 saturated carbocycles. The number of aromatic nitrogens is 2. The van der Waals surface area contributed by atoms with Crippen LogP contribution < -0.4 is 10.5 Å². The van der Waals surface area contributed by atoms with Gasteiger partial charge in [0, 0.05) is 49.4 Å². The SMILES string of the molecule is COC(=O)CCC1CCCN(C(=O)C(CCn2cccc2N)NS(=O)(=O)c2cccc3[nH]ccc23)C1. The van der Waals surface area contributed by atoms with Gasteiger partial charge in [0.15, 0.2) is 0 Å². The number of aryl methyl sites for hydroxylation is 1. The maximum Gasteiger partial charge on any atom is 0.305 e. The Balaban J connectivity index is 1.54. The third-order valence-electron chi connectivity index (χ3n) is 6.78. The number of likely N-dealkylation sites (tertiary alicyclic amines) is 1. The van der Waals surface area contributed by atoms with E-state index in [0.29, 0.717) is 49.2 Å². The fourth-order valence-corrected chi connectivity index (χ4v) is 6.26. The van der Waals surface area contributed by atoms with Crippen molar-refractivity contribution in [1.29, 1.82) is 0 Å². The van der Waals surface area contributed by atoms with Gasteiger partial charge in [-0.05, 0) is 61.9 Å². The Kier molecular flexibility index (Phi) is 8.00. The van der Waals surface area contributed by atoms with Crippen LogP contribution in [0.15, 0.2) is 53.7 Å². The number of carbonyl (C=O) groups excluding carboxylic acids is 2. The van der Waals surface area contributed by atoms with E-state index in [1.807, 2.05) is 0 Å². The molecular weight excluding hydrogens is 482 g/mol. The number of ether oxygens (including phenoxy) is 1. The number of hydrogen-bond acceptors (Lipinski definition) is 6. The molecule has 11 heteroatoms. The number of H-pyrrole nitrogens is 1. The van der Waals surface area contributed by atoms with Crippen molar-refractivity contribution in [2.45, 2.75) is 49.6 Å². The Morgan fingerprint density at radius 3 is 2.83 bits per heavy atom. The summed E-state index contributed by atoms with van der Waals surface area (Å²) in [6, 6.07) is 9.30. The number of aromatic amines is 1. The van der Waals surface area contributed by atoms with Gasteiger partial charge in [0.25, 0.3) is 0 Å². The van der Waals surface area contributed by atoms with Crippen LogP contribution in [0.3, 0.4) is 0 Å². The van der Waals surface area contributed by atoms with Gasteiger partial charge >= 0.3 is 5.97 Å². The van der Waals surface area contributed by atoms with Gasteiger partial charge in [-0.25, -0.2) is 8.42 Å². The molecule has 0 spiro atoms. The van der Waals surface area contributed by atoms with Crippen LogP contribution in [0, 0.1) is 5.92 Å². The zero-order valence-electron chi connectivity index (χ0n) is 20.4. The van der Waals surface area contributed by atoms with Gasteiger partial charge in [-0.3, -0.25) is 9.59 Å². The second-order valence-corrected chi connectivity index (χ2v) is 10.9. The van der Waals surface area contributed by atoms with Crippen molar-refractivity contribution in [2.24, 2.45) is 5.92 Å². The van der Waals surface area contributed by atoms with Crippen LogP contribution in [-0.2, 0) is 30.9 Å². The highest BCUT2D eigenvalue weighted by molar-refractivity contribution is 7.89. The van der Waals surface area contributed by atoms with Gasteiger partial charge in [0.1, 0.15) is 11.9 Å². The quantitative estimate of drug-likeness (QED) is 0.355. The molecule has 10 nitrogen and oxygen atoms in total. The lowest BCUT2D eigenvalue weighted by Gasteiger charge is -2.35. The third-order valence-corrected chi connectivity index (χ3v) is 8.31. The predicted octanol–water partition coefficient (Wildman–Crippen LogP) is 2.48. The summed E-state index contributed by atoms with van der Waals surface area (Å²) in [4.78, 5) is 30.1. The molecule has 0 radical (unpaired) electrons. The van der Waals surface area contributed by atoms with Crippen molar-refractivity contribution in [3.63, 3.8) is 0 Å². The van der Waals surface area contributed by atoms with Gasteiger partial charge in [0.2, 0.25) is 15.9 Å². The maximum absolute atomic E-state index is 13.7. The van der Waals surface area contributed by atoms with Crippen molar-refractivity contribution in [1.82, 2.24) is 19.2 Å². The molecule has 1 aromatic carbocycles. The molecule has 3 aromatic rings. The van der Waals surface area contributed by atoms with Gasteiger partial charge in [-0.15, -0.1) is 0 Å². The summed E-state index contributed by atoms with van der Waals surface area (Å²) < 4.78 is 36.1. The molecule has 2 atom stereocenters. The van der Waals surface area contributed by atoms with Gasteiger partial charge < -0.3 is 24.9 Å². The zero-order valence-corrected chi connectivity index (χ0v) is 21.2. The number of esters is 1. The fourth-order valence-electron chi connectivity index (χ4n) is 4.82. The fraction of sp³-hybridized carbons (Fsp3) is 0.440. The number of piperidine rings is 1. The monoisotopic (exact) mass is 515 g/mol. The molecule has 0 aliphatic carbocycles. The lowest BCUT2D eigenvalue weighted by Crippen LogP contribution is -2.51. The number of nitrogens with two attached hydrogens (primary N) is 1. The minimum atomic E-state index is -4.00. The summed E-state index contributed by atoms with van der Waals surface area (Å²) in [6.07, 6.45) is 6.36. The highest BCUT2D eigenvalue weighted by Gasteiger charge is 2.32. The van der Waals surface area contributed by atoms with Crippen molar-refractivity contribution in [3.05, 3.63) is 48.8 Å². The van der Waals surface area contributed by atoms with Crippen molar-refractivity contribution in [2.75, 3.05) is 25.9 Å². The summed E-state index contributed by atoms with van der Waals surface area (Å²) in [5, 5.41) is 0.562. The van der Waals surface area contributed by atoms with Crippen molar-refractivity contribution < 1.29 is 22.7 Å². The van der Waals surface area contributed by atoms with E-state index in [0.717, 1.165) is 12.8 Å². The Hall–Kier alpha value is -3.31. The summed E-state index contributed by atoms with van der Waals surface area (Å²) in [5.74, 6) is 0.162. The first-order chi connectivity index (χ1) is 17.3. The molecule has 194 valence electrons. The molecule has 36 heavy (non-hydrogen) atoms. The van der Waals surface area contributed by atoms with E-state index in [1.54, 1.807) is 52.2 Å². The lowest BCUT2D eigenvalue weighted by molar-refractivity contribution is -0.141. The number of hydrogen-bond donors (Lipinski definition) is 3. The number of sulfonamides is 1. The first-order valence-corrected chi connectivity index (χ1v) is 13.6. The molecular formula is C25H33N5O5S. The number of nitrogen functional groups attached to an aromatic ring is 1. The van der Waals surface area contributed by atoms with Crippen molar-refractivity contribution >= 4 is 38.6 Å². The Bertz CT molecular complexity index is 1320. The zero-order chi connectivity index (χ0) is 25.7. The summed E-state index contributed by atoms with van der Waals surface area (Å²) in [7, 11) is -2.64. The number of benzene rings is 1. The van der Waals surface area contributed by atoms with Gasteiger partial charge in [-0.1, -0.05) is 6.07 Å². The molecule has 4 rings (SSSR count). The van der Waals surface area contributed by atoms with E-state index < -0.39 is 16.1 Å². The average molecular weight is 516 g/mol. The first kappa shape index (κ1) is 25.8. The van der Waals surface area contributed by atoms with Crippen LogP contribution in [0.2, 0.25) is 0 Å². The second kappa shape index (κ2) is 11.2. The van der Waals surface area contributed by atoms with Crippen LogP contribution in [0.5, 0.6) is 0 Å². The molecule has 1 aliphatic heterocycles. The minimum absolute atomic E-state index is 0.120. The molecule has 2 aromatic heterocycles. The Labute approximate surface area is 210 Å². The summed E-state index contributed by atoms with van der Waals surface area (Å²) >= 11 is 0. The topological polar surface area (TPSA) is 140 Å². The largest absolute Gasteiger partial charge is 0.469 e. The molecule has 1 aliphatic rings. The predicted molar refractivity (Wildman–Crippen MR) is 136 cm³/mol. The number of nitrogens with one attached hydrogen (secondary N) is 2.